The molecular weight excluding hydrogens is 512 g/mol. The summed E-state index contributed by atoms with van der Waals surface area (Å²) >= 11 is 0. The molecule has 1 saturated heterocycles. The van der Waals surface area contributed by atoms with Crippen LogP contribution in [0.1, 0.15) is 43.9 Å². The van der Waals surface area contributed by atoms with E-state index in [0.29, 0.717) is 60.4 Å². The molecule has 0 unspecified atom stereocenters. The van der Waals surface area contributed by atoms with Crippen molar-refractivity contribution in [2.24, 2.45) is 0 Å². The number of urea groups is 1. The maximum absolute atomic E-state index is 13.4. The van der Waals surface area contributed by atoms with Crippen LogP contribution in [0, 0.1) is 0 Å². The van der Waals surface area contributed by atoms with Crippen LogP contribution in [0.25, 0.3) is 6.08 Å². The van der Waals surface area contributed by atoms with Crippen LogP contribution in [-0.4, -0.2) is 49.2 Å². The summed E-state index contributed by atoms with van der Waals surface area (Å²) in [4.78, 5) is 39.9. The van der Waals surface area contributed by atoms with Gasteiger partial charge in [-0.15, -0.1) is 6.58 Å². The molecule has 2 aromatic carbocycles. The molecule has 0 atom stereocenters. The normalized spacial score (nSPS) is 14.1. The summed E-state index contributed by atoms with van der Waals surface area (Å²) < 4.78 is 23.1. The lowest BCUT2D eigenvalue weighted by Crippen LogP contribution is -2.53. The predicted octanol–water partition coefficient (Wildman–Crippen LogP) is 5.23. The van der Waals surface area contributed by atoms with Crippen LogP contribution in [0.3, 0.4) is 0 Å². The van der Waals surface area contributed by atoms with Crippen molar-refractivity contribution in [3.63, 3.8) is 0 Å². The number of rotatable bonds is 15. The Hall–Kier alpha value is -4.53. The first-order chi connectivity index (χ1) is 19.4. The lowest BCUT2D eigenvalue weighted by molar-refractivity contribution is -0.130. The molecule has 0 aromatic heterocycles. The van der Waals surface area contributed by atoms with Crippen molar-refractivity contribution in [3.05, 3.63) is 77.9 Å². The third-order valence-electron chi connectivity index (χ3n) is 5.77. The Labute approximate surface area is 235 Å². The number of carbonyl (C=O) groups is 3. The van der Waals surface area contributed by atoms with Gasteiger partial charge in [-0.05, 0) is 68.2 Å². The first kappa shape index (κ1) is 30.0. The average Bonchev–Trinajstić information content (AvgIpc) is 2.93. The minimum absolute atomic E-state index is 0.0658. The number of benzene rings is 2. The molecule has 0 bridgehead atoms. The van der Waals surface area contributed by atoms with Gasteiger partial charge in [-0.25, -0.2) is 4.79 Å². The topological polar surface area (TPSA) is 103 Å². The van der Waals surface area contributed by atoms with E-state index in [9.17, 15) is 14.4 Å². The summed E-state index contributed by atoms with van der Waals surface area (Å²) in [6.45, 7) is 14.7. The molecule has 0 aliphatic carbocycles. The molecule has 3 rings (SSSR count). The number of carbonyl (C=O) groups excluding carboxylic acids is 3. The van der Waals surface area contributed by atoms with Gasteiger partial charge in [0.05, 0.1) is 26.4 Å². The highest BCUT2D eigenvalue weighted by Crippen LogP contribution is 2.35. The second-order valence-corrected chi connectivity index (χ2v) is 8.80. The summed E-state index contributed by atoms with van der Waals surface area (Å²) in [5.41, 5.74) is 1.76. The van der Waals surface area contributed by atoms with Crippen molar-refractivity contribution >= 4 is 23.9 Å². The van der Waals surface area contributed by atoms with Gasteiger partial charge in [0.25, 0.3) is 11.8 Å². The molecule has 0 radical (unpaired) electrons. The molecule has 212 valence electrons. The molecule has 9 heteroatoms. The highest BCUT2D eigenvalue weighted by molar-refractivity contribution is 6.31. The lowest BCUT2D eigenvalue weighted by Gasteiger charge is -2.27. The molecule has 1 heterocycles. The van der Waals surface area contributed by atoms with Gasteiger partial charge in [-0.3, -0.25) is 19.8 Å². The van der Waals surface area contributed by atoms with Crippen LogP contribution in [-0.2, 0) is 22.6 Å². The fourth-order valence-corrected chi connectivity index (χ4v) is 4.08. The molecule has 1 aliphatic heterocycles. The Morgan fingerprint density at radius 1 is 0.875 bits per heavy atom. The number of nitrogens with one attached hydrogen (secondary N) is 1. The second-order valence-electron chi connectivity index (χ2n) is 8.80. The monoisotopic (exact) mass is 548 g/mol. The van der Waals surface area contributed by atoms with Crippen molar-refractivity contribution in [2.45, 2.75) is 40.2 Å². The van der Waals surface area contributed by atoms with Gasteiger partial charge in [0.2, 0.25) is 0 Å². The van der Waals surface area contributed by atoms with Crippen LogP contribution in [0.2, 0.25) is 0 Å². The Morgan fingerprint density at radius 2 is 1.62 bits per heavy atom. The molecule has 1 N–H and O–H groups in total. The number of nitrogens with zero attached hydrogens (tertiary/aromatic N) is 1. The van der Waals surface area contributed by atoms with E-state index >= 15 is 0 Å². The van der Waals surface area contributed by atoms with E-state index in [-0.39, 0.29) is 18.7 Å². The summed E-state index contributed by atoms with van der Waals surface area (Å²) in [5.74, 6) is 0.603. The summed E-state index contributed by atoms with van der Waals surface area (Å²) in [5, 5.41) is 2.27. The van der Waals surface area contributed by atoms with E-state index < -0.39 is 17.8 Å². The zero-order chi connectivity index (χ0) is 29.1. The van der Waals surface area contributed by atoms with E-state index in [2.05, 4.69) is 18.5 Å². The Balaban J connectivity index is 1.96. The zero-order valence-corrected chi connectivity index (χ0v) is 23.3. The predicted molar refractivity (Wildman–Crippen MR) is 153 cm³/mol. The van der Waals surface area contributed by atoms with Crippen molar-refractivity contribution in [3.8, 4) is 23.0 Å². The van der Waals surface area contributed by atoms with Gasteiger partial charge in [-0.1, -0.05) is 31.7 Å². The largest absolute Gasteiger partial charge is 0.490 e. The number of hydrogen-bond donors (Lipinski definition) is 1. The number of imide groups is 2. The maximum Gasteiger partial charge on any atom is 0.331 e. The van der Waals surface area contributed by atoms with Gasteiger partial charge in [0.1, 0.15) is 12.2 Å². The van der Waals surface area contributed by atoms with Crippen molar-refractivity contribution in [2.75, 3.05) is 26.4 Å². The highest BCUT2D eigenvalue weighted by atomic mass is 16.5. The van der Waals surface area contributed by atoms with Gasteiger partial charge >= 0.3 is 6.03 Å². The maximum atomic E-state index is 13.4. The zero-order valence-electron chi connectivity index (χ0n) is 23.3. The summed E-state index contributed by atoms with van der Waals surface area (Å²) in [7, 11) is 0. The highest BCUT2D eigenvalue weighted by Gasteiger charge is 2.36. The number of barbiturate groups is 1. The van der Waals surface area contributed by atoms with Crippen LogP contribution >= 0.6 is 0 Å². The van der Waals surface area contributed by atoms with Crippen LogP contribution in [0.15, 0.2) is 61.2 Å². The molecule has 2 aromatic rings. The molecule has 0 spiro atoms. The third-order valence-corrected chi connectivity index (χ3v) is 5.77. The SMILES string of the molecule is C=CCOc1c(CC=C)cc(/C=C2\C(=O)NC(=O)N(Cc3ccc(OCCC)c(OCC)c3)C2=O)cc1OCC. The van der Waals surface area contributed by atoms with E-state index in [0.717, 1.165) is 16.9 Å². The molecule has 1 aliphatic rings. The molecule has 40 heavy (non-hydrogen) atoms. The summed E-state index contributed by atoms with van der Waals surface area (Å²) in [6, 6.07) is 7.91. The molecule has 9 nitrogen and oxygen atoms in total. The first-order valence-electron chi connectivity index (χ1n) is 13.3. The van der Waals surface area contributed by atoms with Crippen molar-refractivity contribution in [1.29, 1.82) is 0 Å². The minimum Gasteiger partial charge on any atom is -0.490 e. The fraction of sp³-hybridized carbons (Fsp3) is 0.323. The minimum atomic E-state index is -0.799. The number of ether oxygens (including phenoxy) is 4. The standard InChI is InChI=1S/C31H36N2O7/c1-6-11-23-16-22(19-27(38-10-5)28(23)40-15-8-3)17-24-29(34)32-31(36)33(30(24)35)20-21-12-13-25(39-14-7-2)26(18-21)37-9-4/h6,8,12-13,16-19H,1,3,7,9-11,14-15,20H2,2,4-5H3,(H,32,34,36)/b24-17+. The van der Waals surface area contributed by atoms with E-state index in [1.54, 1.807) is 42.5 Å². The van der Waals surface area contributed by atoms with E-state index in [4.69, 9.17) is 18.9 Å². The lowest BCUT2D eigenvalue weighted by atomic mass is 10.0. The van der Waals surface area contributed by atoms with E-state index in [1.807, 2.05) is 20.8 Å². The van der Waals surface area contributed by atoms with Crippen LogP contribution in [0.4, 0.5) is 4.79 Å². The average molecular weight is 549 g/mol. The van der Waals surface area contributed by atoms with Crippen molar-refractivity contribution < 1.29 is 33.3 Å². The van der Waals surface area contributed by atoms with Crippen LogP contribution < -0.4 is 24.3 Å². The van der Waals surface area contributed by atoms with Gasteiger partial charge in [0.15, 0.2) is 23.0 Å². The molecule has 0 saturated carbocycles. The van der Waals surface area contributed by atoms with Crippen molar-refractivity contribution in [1.82, 2.24) is 10.2 Å². The number of amides is 4. The van der Waals surface area contributed by atoms with E-state index in [1.165, 1.54) is 6.08 Å². The quantitative estimate of drug-likeness (QED) is 0.185. The van der Waals surface area contributed by atoms with Gasteiger partial charge in [0, 0.05) is 5.56 Å². The Morgan fingerprint density at radius 3 is 2.30 bits per heavy atom. The first-order valence-corrected chi connectivity index (χ1v) is 13.3. The Kier molecular flexibility index (Phi) is 10.9. The fourth-order valence-electron chi connectivity index (χ4n) is 4.08. The number of hydrogen-bond acceptors (Lipinski definition) is 7. The Bertz CT molecular complexity index is 1300. The molecule has 4 amide bonds. The van der Waals surface area contributed by atoms with Gasteiger partial charge < -0.3 is 18.9 Å². The summed E-state index contributed by atoms with van der Waals surface area (Å²) in [6.07, 6.45) is 6.09. The number of allylic oxidation sites excluding steroid dienone is 1. The third kappa shape index (κ3) is 7.31. The molecule has 1 fully saturated rings. The second kappa shape index (κ2) is 14.6. The van der Waals surface area contributed by atoms with Crippen LogP contribution in [0.5, 0.6) is 23.0 Å². The molecular formula is C31H36N2O7. The van der Waals surface area contributed by atoms with Gasteiger partial charge in [-0.2, -0.15) is 0 Å². The smallest absolute Gasteiger partial charge is 0.331 e.